The zero-order chi connectivity index (χ0) is 9.84. The molecule has 0 saturated heterocycles. The van der Waals surface area contributed by atoms with Crippen molar-refractivity contribution in [2.75, 3.05) is 12.9 Å². The van der Waals surface area contributed by atoms with E-state index in [2.05, 4.69) is 15.0 Å². The van der Waals surface area contributed by atoms with Crippen molar-refractivity contribution in [3.8, 4) is 0 Å². The Labute approximate surface area is 78.8 Å². The van der Waals surface area contributed by atoms with Crippen molar-refractivity contribution in [2.45, 2.75) is 6.04 Å². The lowest BCUT2D eigenvalue weighted by atomic mass is 10.2. The Bertz CT molecular complexity index is 276. The largest absolute Gasteiger partial charge is 0.477 e. The lowest BCUT2D eigenvalue weighted by Gasteiger charge is -2.03. The molecule has 1 atom stereocenters. The molecule has 3 N–H and O–H groups in total. The first kappa shape index (κ1) is 9.85. The van der Waals surface area contributed by atoms with E-state index in [4.69, 9.17) is 10.8 Å². The Morgan fingerprint density at radius 1 is 1.92 bits per heavy atom. The van der Waals surface area contributed by atoms with E-state index in [-0.39, 0.29) is 5.71 Å². The summed E-state index contributed by atoms with van der Waals surface area (Å²) in [6.07, 6.45) is 0. The number of nitrogens with zero attached hydrogens (tertiary/aromatic N) is 2. The maximum Gasteiger partial charge on any atom is 0.356 e. The quantitative estimate of drug-likeness (QED) is 0.476. The third-order valence-electron chi connectivity index (χ3n) is 1.40. The molecule has 7 heteroatoms. The molecule has 0 bridgehead atoms. The molecule has 0 aromatic carbocycles. The maximum atomic E-state index is 10.7. The molecular formula is C6H9N3O3S. The Kier molecular flexibility index (Phi) is 3.13. The lowest BCUT2D eigenvalue weighted by molar-refractivity contribution is -0.129. The van der Waals surface area contributed by atoms with Gasteiger partial charge in [-0.3, -0.25) is 4.99 Å². The number of amidine groups is 1. The van der Waals surface area contributed by atoms with Crippen LogP contribution in [0.15, 0.2) is 10.1 Å². The van der Waals surface area contributed by atoms with Crippen molar-refractivity contribution in [1.29, 1.82) is 0 Å². The molecule has 0 aromatic heterocycles. The second kappa shape index (κ2) is 4.13. The highest BCUT2D eigenvalue weighted by Gasteiger charge is 2.27. The molecule has 0 saturated carbocycles. The van der Waals surface area contributed by atoms with E-state index in [1.807, 2.05) is 0 Å². The van der Waals surface area contributed by atoms with Crippen molar-refractivity contribution in [3.63, 3.8) is 0 Å². The van der Waals surface area contributed by atoms with Crippen LogP contribution >= 0.6 is 11.8 Å². The van der Waals surface area contributed by atoms with Crippen LogP contribution in [0.2, 0.25) is 0 Å². The van der Waals surface area contributed by atoms with Crippen LogP contribution in [0, 0.1) is 0 Å². The van der Waals surface area contributed by atoms with Gasteiger partial charge >= 0.3 is 5.97 Å². The van der Waals surface area contributed by atoms with Crippen LogP contribution in [-0.4, -0.2) is 40.9 Å². The predicted octanol–water partition coefficient (Wildman–Crippen LogP) is -0.496. The molecule has 1 heterocycles. The van der Waals surface area contributed by atoms with E-state index >= 15 is 0 Å². The van der Waals surface area contributed by atoms with Crippen LogP contribution in [-0.2, 0) is 9.63 Å². The highest BCUT2D eigenvalue weighted by molar-refractivity contribution is 8.14. The standard InChI is InChI=1S/C6H9N3O3S/c1-12-9-4(5(10)11)3-2-13-6(7)8-3/h3H,2H2,1H3,(H2,7,8)(H,10,11)/b9-4-. The van der Waals surface area contributed by atoms with Gasteiger partial charge in [-0.2, -0.15) is 0 Å². The molecular weight excluding hydrogens is 194 g/mol. The molecule has 1 aliphatic heterocycles. The number of aliphatic carboxylic acids is 1. The van der Waals surface area contributed by atoms with Crippen molar-refractivity contribution in [3.05, 3.63) is 0 Å². The Balaban J connectivity index is 2.78. The average molecular weight is 203 g/mol. The van der Waals surface area contributed by atoms with Crippen molar-refractivity contribution in [1.82, 2.24) is 0 Å². The van der Waals surface area contributed by atoms with E-state index in [1.165, 1.54) is 18.9 Å². The molecule has 1 aliphatic rings. The maximum absolute atomic E-state index is 10.7. The number of aliphatic imine (C=N–C) groups is 1. The summed E-state index contributed by atoms with van der Waals surface area (Å²) in [7, 11) is 1.29. The van der Waals surface area contributed by atoms with Crippen molar-refractivity contribution in [2.24, 2.45) is 15.9 Å². The van der Waals surface area contributed by atoms with Crippen molar-refractivity contribution < 1.29 is 14.7 Å². The van der Waals surface area contributed by atoms with Gasteiger partial charge in [0.05, 0.1) is 0 Å². The zero-order valence-corrected chi connectivity index (χ0v) is 7.74. The minimum Gasteiger partial charge on any atom is -0.477 e. The van der Waals surface area contributed by atoms with E-state index in [9.17, 15) is 4.79 Å². The normalized spacial score (nSPS) is 22.7. The van der Waals surface area contributed by atoms with Gasteiger partial charge in [-0.05, 0) is 0 Å². The smallest absolute Gasteiger partial charge is 0.356 e. The molecule has 0 amide bonds. The van der Waals surface area contributed by atoms with Crippen LogP contribution in [0.3, 0.4) is 0 Å². The predicted molar refractivity (Wildman–Crippen MR) is 49.9 cm³/mol. The molecule has 1 unspecified atom stereocenters. The van der Waals surface area contributed by atoms with Crippen molar-refractivity contribution >= 4 is 28.6 Å². The van der Waals surface area contributed by atoms with E-state index in [0.29, 0.717) is 10.9 Å². The molecule has 0 radical (unpaired) electrons. The fourth-order valence-electron chi connectivity index (χ4n) is 0.873. The van der Waals surface area contributed by atoms with Crippen LogP contribution < -0.4 is 5.73 Å². The molecule has 72 valence electrons. The number of hydrogen-bond donors (Lipinski definition) is 2. The Morgan fingerprint density at radius 3 is 3.00 bits per heavy atom. The van der Waals surface area contributed by atoms with Crippen LogP contribution in [0.25, 0.3) is 0 Å². The minimum absolute atomic E-state index is 0.115. The number of nitrogens with two attached hydrogens (primary N) is 1. The van der Waals surface area contributed by atoms with Gasteiger partial charge in [-0.25, -0.2) is 4.79 Å². The molecule has 6 nitrogen and oxygen atoms in total. The second-order valence-electron chi connectivity index (χ2n) is 2.26. The summed E-state index contributed by atoms with van der Waals surface area (Å²) in [6.45, 7) is 0. The molecule has 0 aromatic rings. The number of carbonyl (C=O) groups is 1. The molecule has 0 spiro atoms. The summed E-state index contributed by atoms with van der Waals surface area (Å²) in [5, 5.41) is 12.5. The summed E-state index contributed by atoms with van der Waals surface area (Å²) >= 11 is 1.30. The SMILES string of the molecule is CO/N=C(\C(=O)O)C1CSC(N)=N1. The fourth-order valence-corrected chi connectivity index (χ4v) is 1.64. The first-order valence-corrected chi connectivity index (χ1v) is 4.44. The van der Waals surface area contributed by atoms with Gasteiger partial charge in [-0.1, -0.05) is 16.9 Å². The monoisotopic (exact) mass is 203 g/mol. The average Bonchev–Trinajstić information content (AvgIpc) is 2.46. The van der Waals surface area contributed by atoms with Gasteiger partial charge in [0, 0.05) is 5.75 Å². The Hall–Kier alpha value is -1.24. The first-order chi connectivity index (χ1) is 6.15. The van der Waals surface area contributed by atoms with Crippen LogP contribution in [0.1, 0.15) is 0 Å². The van der Waals surface area contributed by atoms with E-state index < -0.39 is 12.0 Å². The Morgan fingerprint density at radius 2 is 2.62 bits per heavy atom. The molecule has 13 heavy (non-hydrogen) atoms. The van der Waals surface area contributed by atoms with E-state index in [1.54, 1.807) is 0 Å². The fraction of sp³-hybridized carbons (Fsp3) is 0.500. The summed E-state index contributed by atoms with van der Waals surface area (Å²) in [4.78, 5) is 18.9. The topological polar surface area (TPSA) is 97.3 Å². The summed E-state index contributed by atoms with van der Waals surface area (Å²) < 4.78 is 0. The first-order valence-electron chi connectivity index (χ1n) is 3.45. The zero-order valence-electron chi connectivity index (χ0n) is 6.93. The summed E-state index contributed by atoms with van der Waals surface area (Å²) in [5.74, 6) is -0.633. The lowest BCUT2D eigenvalue weighted by Crippen LogP contribution is -2.27. The number of rotatable bonds is 3. The van der Waals surface area contributed by atoms with Gasteiger partial charge in [-0.15, -0.1) is 0 Å². The van der Waals surface area contributed by atoms with Gasteiger partial charge in [0.1, 0.15) is 13.2 Å². The number of thioether (sulfide) groups is 1. The second-order valence-corrected chi connectivity index (χ2v) is 3.30. The number of carboxylic acids is 1. The third kappa shape index (κ3) is 2.35. The number of hydrogen-bond acceptors (Lipinski definition) is 6. The molecule has 1 rings (SSSR count). The highest BCUT2D eigenvalue weighted by atomic mass is 32.2. The third-order valence-corrected chi connectivity index (χ3v) is 2.28. The number of oxime groups is 1. The van der Waals surface area contributed by atoms with Gasteiger partial charge in [0.2, 0.25) is 0 Å². The minimum atomic E-state index is -1.13. The van der Waals surface area contributed by atoms with Gasteiger partial charge in [0.15, 0.2) is 10.9 Å². The van der Waals surface area contributed by atoms with Gasteiger partial charge < -0.3 is 15.7 Å². The molecule has 0 fully saturated rings. The highest BCUT2D eigenvalue weighted by Crippen LogP contribution is 2.16. The summed E-state index contributed by atoms with van der Waals surface area (Å²) in [5.41, 5.74) is 5.27. The van der Waals surface area contributed by atoms with Crippen LogP contribution in [0.4, 0.5) is 0 Å². The molecule has 0 aliphatic carbocycles. The van der Waals surface area contributed by atoms with Crippen LogP contribution in [0.5, 0.6) is 0 Å². The number of carboxylic acid groups (broad SMARTS) is 1. The van der Waals surface area contributed by atoms with E-state index in [0.717, 1.165) is 0 Å². The summed E-state index contributed by atoms with van der Waals surface area (Å²) in [6, 6.07) is -0.498. The van der Waals surface area contributed by atoms with Gasteiger partial charge in [0.25, 0.3) is 0 Å².